The van der Waals surface area contributed by atoms with Crippen LogP contribution in [0.5, 0.6) is 0 Å². The van der Waals surface area contributed by atoms with Crippen molar-refractivity contribution in [2.75, 3.05) is 0 Å². The minimum atomic E-state index is -2.48. The average Bonchev–Trinajstić information content (AvgIpc) is 2.22. The van der Waals surface area contributed by atoms with Gasteiger partial charge in [-0.1, -0.05) is 0 Å². The fourth-order valence-electron chi connectivity index (χ4n) is 2.47. The van der Waals surface area contributed by atoms with E-state index >= 15 is 0 Å². The molecule has 0 heterocycles. The Morgan fingerprint density at radius 1 is 0.913 bits per heavy atom. The Bertz CT molecular complexity index is 457. The number of nitrogens with two attached hydrogens (primary N) is 1. The van der Waals surface area contributed by atoms with E-state index in [1.165, 1.54) is 0 Å². The third-order valence-corrected chi connectivity index (χ3v) is 3.25. The second kappa shape index (κ2) is 7.85. The number of hydrogen-bond acceptors (Lipinski definition) is 11. The average molecular weight is 332 g/mol. The highest BCUT2D eigenvalue weighted by molar-refractivity contribution is 5.76. The number of carboxylic acids is 4. The van der Waals surface area contributed by atoms with Crippen LogP contribution in [0.25, 0.3) is 0 Å². The smallest absolute Gasteiger partial charge is 0.102 e. The first-order chi connectivity index (χ1) is 10.3. The molecule has 0 saturated carbocycles. The number of aliphatic carboxylic acids is 4. The van der Waals surface area contributed by atoms with Crippen LogP contribution in [0, 0.1) is 0 Å². The molecule has 0 spiro atoms. The summed E-state index contributed by atoms with van der Waals surface area (Å²) < 4.78 is 0. The third kappa shape index (κ3) is 6.18. The first-order valence-corrected chi connectivity index (χ1v) is 6.37. The van der Waals surface area contributed by atoms with Gasteiger partial charge in [-0.05, 0) is 6.92 Å². The summed E-state index contributed by atoms with van der Waals surface area (Å²) in [6, 6.07) is 0. The topological polar surface area (TPSA) is 219 Å². The molecule has 0 aromatic heterocycles. The number of carbonyl (C=O) groups excluding carboxylic acids is 4. The van der Waals surface area contributed by atoms with Crippen molar-refractivity contribution in [2.24, 2.45) is 5.73 Å². The van der Waals surface area contributed by atoms with Crippen LogP contribution in [-0.2, 0) is 19.2 Å². The number of aliphatic hydroxyl groups is 1. The van der Waals surface area contributed by atoms with E-state index in [0.29, 0.717) is 0 Å². The second-order valence-corrected chi connectivity index (χ2v) is 5.25. The molecule has 0 rings (SSSR count). The Kier molecular flexibility index (Phi) is 7.09. The monoisotopic (exact) mass is 332 g/mol. The zero-order valence-corrected chi connectivity index (χ0v) is 12.2. The van der Waals surface area contributed by atoms with Crippen molar-refractivity contribution >= 4 is 23.9 Å². The highest BCUT2D eigenvalue weighted by Crippen LogP contribution is 2.33. The molecule has 132 valence electrons. The van der Waals surface area contributed by atoms with Crippen molar-refractivity contribution in [2.45, 2.75) is 49.9 Å². The van der Waals surface area contributed by atoms with Crippen LogP contribution in [0.1, 0.15) is 32.6 Å². The summed E-state index contributed by atoms with van der Waals surface area (Å²) in [5, 5.41) is 55.2. The molecule has 23 heavy (non-hydrogen) atoms. The Labute approximate surface area is 130 Å². The Balaban J connectivity index is 6.21. The predicted molar refractivity (Wildman–Crippen MR) is 63.0 cm³/mol. The van der Waals surface area contributed by atoms with Crippen molar-refractivity contribution < 1.29 is 44.7 Å². The lowest BCUT2D eigenvalue weighted by atomic mass is 9.68. The Morgan fingerprint density at radius 3 is 1.43 bits per heavy atom. The molecule has 0 amide bonds. The molecule has 4 N–H and O–H groups in total. The standard InChI is InChI=1S/C12H20N2O9/c1-6(15)14-12(4-9(20)21,5-10(22)23)11(13,2-7(16)17)3-8(18)19/h6,14-15H,2-5,13H2,1H3,(H,16,17)(H,18,19)(H,20,21)(H,22,23)/p-4. The zero-order valence-electron chi connectivity index (χ0n) is 12.2. The quantitative estimate of drug-likeness (QED) is 0.301. The van der Waals surface area contributed by atoms with E-state index in [9.17, 15) is 44.7 Å². The van der Waals surface area contributed by atoms with Crippen molar-refractivity contribution in [3.05, 3.63) is 0 Å². The van der Waals surface area contributed by atoms with Crippen LogP contribution in [0.15, 0.2) is 0 Å². The minimum absolute atomic E-state index is 1.07. The van der Waals surface area contributed by atoms with Gasteiger partial charge in [0.2, 0.25) is 0 Å². The van der Waals surface area contributed by atoms with Gasteiger partial charge in [0.05, 0.1) is 0 Å². The second-order valence-electron chi connectivity index (χ2n) is 5.25. The summed E-state index contributed by atoms with van der Waals surface area (Å²) in [4.78, 5) is 43.7. The zero-order chi connectivity index (χ0) is 18.4. The maximum absolute atomic E-state index is 11.0. The van der Waals surface area contributed by atoms with Gasteiger partial charge in [0.1, 0.15) is 6.23 Å². The minimum Gasteiger partial charge on any atom is -0.550 e. The molecule has 11 heteroatoms. The summed E-state index contributed by atoms with van der Waals surface area (Å²) >= 11 is 0. The van der Waals surface area contributed by atoms with Gasteiger partial charge in [-0.25, -0.2) is 0 Å². The first-order valence-electron chi connectivity index (χ1n) is 6.37. The van der Waals surface area contributed by atoms with Crippen LogP contribution >= 0.6 is 0 Å². The van der Waals surface area contributed by atoms with Crippen molar-refractivity contribution in [1.29, 1.82) is 0 Å². The SMILES string of the molecule is CC(O)NC(CC(=O)[O-])(CC(=O)[O-])C(N)(CC(=O)[O-])CC(=O)[O-]. The first kappa shape index (κ1) is 20.8. The number of carboxylic acid groups (broad SMARTS) is 4. The van der Waals surface area contributed by atoms with Crippen molar-refractivity contribution in [1.82, 2.24) is 5.32 Å². The highest BCUT2D eigenvalue weighted by atomic mass is 16.4. The normalized spacial score (nSPS) is 13.3. The van der Waals surface area contributed by atoms with E-state index in [1.807, 2.05) is 0 Å². The molecular weight excluding hydrogens is 316 g/mol. The van der Waals surface area contributed by atoms with Crippen LogP contribution in [-0.4, -0.2) is 46.3 Å². The lowest BCUT2D eigenvalue weighted by molar-refractivity contribution is -0.320. The molecule has 0 aliphatic carbocycles. The van der Waals surface area contributed by atoms with Gasteiger partial charge >= 0.3 is 0 Å². The molecule has 11 nitrogen and oxygen atoms in total. The summed E-state index contributed by atoms with van der Waals surface area (Å²) in [6.45, 7) is 1.07. The van der Waals surface area contributed by atoms with Gasteiger partial charge in [0.15, 0.2) is 0 Å². The molecule has 0 aliphatic heterocycles. The number of aliphatic hydroxyl groups excluding tert-OH is 1. The summed E-state index contributed by atoms with van der Waals surface area (Å²) in [7, 11) is 0. The van der Waals surface area contributed by atoms with Gasteiger partial charge in [0, 0.05) is 60.6 Å². The van der Waals surface area contributed by atoms with E-state index in [1.54, 1.807) is 0 Å². The fraction of sp³-hybridized carbons (Fsp3) is 0.667. The number of carbonyl (C=O) groups is 4. The van der Waals surface area contributed by atoms with Crippen LogP contribution < -0.4 is 31.5 Å². The van der Waals surface area contributed by atoms with Gasteiger partial charge in [-0.3, -0.25) is 5.32 Å². The van der Waals surface area contributed by atoms with Gasteiger partial charge in [0.25, 0.3) is 0 Å². The number of nitrogens with one attached hydrogen (secondary N) is 1. The van der Waals surface area contributed by atoms with E-state index in [4.69, 9.17) is 5.73 Å². The molecule has 0 aliphatic rings. The van der Waals surface area contributed by atoms with Crippen LogP contribution in [0.3, 0.4) is 0 Å². The Hall–Kier alpha value is -2.24. The number of rotatable bonds is 11. The van der Waals surface area contributed by atoms with E-state index in [0.717, 1.165) is 6.92 Å². The molecule has 1 atom stereocenters. The summed E-state index contributed by atoms with van der Waals surface area (Å²) in [6.07, 6.45) is -6.41. The largest absolute Gasteiger partial charge is 0.550 e. The maximum Gasteiger partial charge on any atom is 0.102 e. The molecule has 0 saturated heterocycles. The van der Waals surface area contributed by atoms with E-state index in [-0.39, 0.29) is 0 Å². The molecule has 0 aromatic rings. The number of hydrogen-bond donors (Lipinski definition) is 3. The van der Waals surface area contributed by atoms with Crippen LogP contribution in [0.4, 0.5) is 0 Å². The highest BCUT2D eigenvalue weighted by Gasteiger charge is 2.49. The fourth-order valence-corrected chi connectivity index (χ4v) is 2.47. The predicted octanol–water partition coefficient (Wildman–Crippen LogP) is -7.09. The molecular formula is C12H16N2O9-4. The van der Waals surface area contributed by atoms with Crippen LogP contribution in [0.2, 0.25) is 0 Å². The molecule has 1 unspecified atom stereocenters. The van der Waals surface area contributed by atoms with E-state index in [2.05, 4.69) is 5.32 Å². The molecule has 0 radical (unpaired) electrons. The lowest BCUT2D eigenvalue weighted by Crippen LogP contribution is -2.73. The molecule has 0 fully saturated rings. The Morgan fingerprint density at radius 2 is 1.22 bits per heavy atom. The third-order valence-electron chi connectivity index (χ3n) is 3.25. The van der Waals surface area contributed by atoms with Gasteiger partial charge in [-0.2, -0.15) is 0 Å². The lowest BCUT2D eigenvalue weighted by Gasteiger charge is -2.51. The van der Waals surface area contributed by atoms with Gasteiger partial charge < -0.3 is 50.4 Å². The summed E-state index contributed by atoms with van der Waals surface area (Å²) in [5.41, 5.74) is 0.838. The van der Waals surface area contributed by atoms with Gasteiger partial charge in [-0.15, -0.1) is 0 Å². The van der Waals surface area contributed by atoms with E-state index < -0.39 is 66.9 Å². The van der Waals surface area contributed by atoms with Crippen molar-refractivity contribution in [3.8, 4) is 0 Å². The molecule has 0 bridgehead atoms. The maximum atomic E-state index is 11.0. The summed E-state index contributed by atoms with van der Waals surface area (Å²) in [5.74, 6) is -7.43. The van der Waals surface area contributed by atoms with Crippen molar-refractivity contribution in [3.63, 3.8) is 0 Å². The molecule has 0 aromatic carbocycles.